The van der Waals surface area contributed by atoms with E-state index in [1.54, 1.807) is 4.90 Å². The van der Waals surface area contributed by atoms with Crippen LogP contribution in [0.3, 0.4) is 0 Å². The highest BCUT2D eigenvalue weighted by atomic mass is 16.2. The van der Waals surface area contributed by atoms with Crippen molar-refractivity contribution in [3.63, 3.8) is 0 Å². The number of urea groups is 1. The third-order valence-corrected chi connectivity index (χ3v) is 6.24. The van der Waals surface area contributed by atoms with E-state index >= 15 is 0 Å². The van der Waals surface area contributed by atoms with E-state index in [2.05, 4.69) is 47.1 Å². The fraction of sp³-hybridized carbons (Fsp3) is 0.619. The van der Waals surface area contributed by atoms with Crippen LogP contribution in [0.1, 0.15) is 32.6 Å². The second-order valence-electron chi connectivity index (χ2n) is 8.00. The van der Waals surface area contributed by atoms with Gasteiger partial charge >= 0.3 is 6.03 Å². The van der Waals surface area contributed by atoms with Crippen molar-refractivity contribution in [3.8, 4) is 0 Å². The SMILES string of the molecule is CC1CN(c2ccccc2)CCN1CCCCN1C(=O)C2CCCN2C1=O. The Balaban J connectivity index is 1.20. The molecule has 3 heterocycles. The minimum atomic E-state index is -0.163. The van der Waals surface area contributed by atoms with Crippen LogP contribution in [0.4, 0.5) is 10.5 Å². The summed E-state index contributed by atoms with van der Waals surface area (Å²) in [6, 6.07) is 10.9. The van der Waals surface area contributed by atoms with Gasteiger partial charge in [-0.3, -0.25) is 14.6 Å². The van der Waals surface area contributed by atoms with Crippen molar-refractivity contribution in [3.05, 3.63) is 30.3 Å². The molecule has 0 spiro atoms. The molecule has 6 heteroatoms. The molecule has 0 bridgehead atoms. The molecule has 4 rings (SSSR count). The smallest absolute Gasteiger partial charge is 0.327 e. The van der Waals surface area contributed by atoms with Crippen LogP contribution in [0.25, 0.3) is 0 Å². The summed E-state index contributed by atoms with van der Waals surface area (Å²) in [7, 11) is 0. The van der Waals surface area contributed by atoms with Crippen LogP contribution in [-0.2, 0) is 4.79 Å². The van der Waals surface area contributed by atoms with Gasteiger partial charge in [-0.15, -0.1) is 0 Å². The molecule has 27 heavy (non-hydrogen) atoms. The number of anilines is 1. The van der Waals surface area contributed by atoms with E-state index in [-0.39, 0.29) is 18.0 Å². The zero-order valence-corrected chi connectivity index (χ0v) is 16.2. The van der Waals surface area contributed by atoms with Gasteiger partial charge in [0.2, 0.25) is 0 Å². The van der Waals surface area contributed by atoms with Gasteiger partial charge in [0, 0.05) is 44.5 Å². The number of fused-ring (bicyclic) bond motifs is 1. The molecule has 2 unspecified atom stereocenters. The topological polar surface area (TPSA) is 47.1 Å². The van der Waals surface area contributed by atoms with E-state index in [0.717, 1.165) is 58.4 Å². The summed E-state index contributed by atoms with van der Waals surface area (Å²) in [5.41, 5.74) is 1.30. The van der Waals surface area contributed by atoms with Gasteiger partial charge in [-0.05, 0) is 51.3 Å². The van der Waals surface area contributed by atoms with Gasteiger partial charge in [-0.25, -0.2) is 4.79 Å². The molecule has 3 saturated heterocycles. The average molecular weight is 370 g/mol. The lowest BCUT2D eigenvalue weighted by atomic mass is 10.1. The monoisotopic (exact) mass is 370 g/mol. The number of hydrogen-bond acceptors (Lipinski definition) is 4. The van der Waals surface area contributed by atoms with Crippen LogP contribution >= 0.6 is 0 Å². The van der Waals surface area contributed by atoms with E-state index < -0.39 is 0 Å². The molecule has 1 aromatic carbocycles. The molecular weight excluding hydrogens is 340 g/mol. The number of para-hydroxylation sites is 1. The quantitative estimate of drug-likeness (QED) is 0.570. The minimum Gasteiger partial charge on any atom is -0.369 e. The largest absolute Gasteiger partial charge is 0.369 e. The summed E-state index contributed by atoms with van der Waals surface area (Å²) in [4.78, 5) is 32.9. The highest BCUT2D eigenvalue weighted by Gasteiger charge is 2.46. The zero-order valence-electron chi connectivity index (χ0n) is 16.2. The number of carbonyl (C=O) groups excluding carboxylic acids is 2. The van der Waals surface area contributed by atoms with E-state index in [1.807, 2.05) is 0 Å². The van der Waals surface area contributed by atoms with Crippen LogP contribution in [0.2, 0.25) is 0 Å². The third kappa shape index (κ3) is 3.68. The Morgan fingerprint density at radius 2 is 1.78 bits per heavy atom. The highest BCUT2D eigenvalue weighted by molar-refractivity contribution is 6.04. The first kappa shape index (κ1) is 18.3. The summed E-state index contributed by atoms with van der Waals surface area (Å²) >= 11 is 0. The summed E-state index contributed by atoms with van der Waals surface area (Å²) in [5.74, 6) is 0.0299. The molecule has 0 saturated carbocycles. The second kappa shape index (κ2) is 7.89. The van der Waals surface area contributed by atoms with Crippen molar-refractivity contribution in [2.24, 2.45) is 0 Å². The van der Waals surface area contributed by atoms with Crippen molar-refractivity contribution in [2.45, 2.75) is 44.7 Å². The normalized spacial score (nSPS) is 26.2. The number of benzene rings is 1. The van der Waals surface area contributed by atoms with E-state index in [9.17, 15) is 9.59 Å². The lowest BCUT2D eigenvalue weighted by Crippen LogP contribution is -2.52. The molecule has 3 aliphatic rings. The highest BCUT2D eigenvalue weighted by Crippen LogP contribution is 2.27. The molecule has 146 valence electrons. The van der Waals surface area contributed by atoms with Gasteiger partial charge in [-0.2, -0.15) is 0 Å². The number of piperazine rings is 1. The standard InChI is InChI=1S/C21H30N4O2/c1-17-16-23(18-8-3-2-4-9-18)15-14-22(17)11-5-6-12-25-20(26)19-10-7-13-24(19)21(25)27/h2-4,8-9,17,19H,5-7,10-16H2,1H3. The first-order chi connectivity index (χ1) is 13.1. The van der Waals surface area contributed by atoms with E-state index in [4.69, 9.17) is 0 Å². The number of amides is 3. The number of hydrogen-bond donors (Lipinski definition) is 0. The number of imide groups is 1. The molecule has 3 amide bonds. The fourth-order valence-electron chi connectivity index (χ4n) is 4.67. The summed E-state index contributed by atoms with van der Waals surface area (Å²) < 4.78 is 0. The minimum absolute atomic E-state index is 0.0299. The molecule has 3 aliphatic heterocycles. The lowest BCUT2D eigenvalue weighted by molar-refractivity contribution is -0.128. The maximum absolute atomic E-state index is 12.4. The predicted molar refractivity (Wildman–Crippen MR) is 106 cm³/mol. The summed E-state index contributed by atoms with van der Waals surface area (Å²) in [6.45, 7) is 7.80. The van der Waals surface area contributed by atoms with Gasteiger partial charge in [0.25, 0.3) is 5.91 Å². The Hall–Kier alpha value is -2.08. The van der Waals surface area contributed by atoms with Crippen molar-refractivity contribution in [2.75, 3.05) is 44.2 Å². The van der Waals surface area contributed by atoms with Crippen LogP contribution < -0.4 is 4.90 Å². The van der Waals surface area contributed by atoms with Crippen LogP contribution in [0.15, 0.2) is 30.3 Å². The molecule has 1 aromatic rings. The summed E-state index contributed by atoms with van der Waals surface area (Å²) in [5, 5.41) is 0. The summed E-state index contributed by atoms with van der Waals surface area (Å²) in [6.07, 6.45) is 3.72. The van der Waals surface area contributed by atoms with Gasteiger partial charge in [0.15, 0.2) is 0 Å². The number of unbranched alkanes of at least 4 members (excludes halogenated alkanes) is 1. The Labute approximate surface area is 161 Å². The maximum Gasteiger partial charge on any atom is 0.327 e. The lowest BCUT2D eigenvalue weighted by Gasteiger charge is -2.41. The van der Waals surface area contributed by atoms with Crippen molar-refractivity contribution in [1.29, 1.82) is 0 Å². The molecular formula is C21H30N4O2. The Morgan fingerprint density at radius 3 is 2.52 bits per heavy atom. The predicted octanol–water partition coefficient (Wildman–Crippen LogP) is 2.40. The van der Waals surface area contributed by atoms with Crippen LogP contribution in [-0.4, -0.2) is 78.0 Å². The molecule has 6 nitrogen and oxygen atoms in total. The molecule has 0 N–H and O–H groups in total. The number of carbonyl (C=O) groups is 2. The van der Waals surface area contributed by atoms with Crippen LogP contribution in [0, 0.1) is 0 Å². The first-order valence-corrected chi connectivity index (χ1v) is 10.3. The molecule has 3 fully saturated rings. The maximum atomic E-state index is 12.4. The van der Waals surface area contributed by atoms with Gasteiger partial charge < -0.3 is 9.80 Å². The fourth-order valence-corrected chi connectivity index (χ4v) is 4.67. The van der Waals surface area contributed by atoms with E-state index in [1.165, 1.54) is 10.6 Å². The number of nitrogens with zero attached hydrogens (tertiary/aromatic N) is 4. The number of rotatable bonds is 6. The first-order valence-electron chi connectivity index (χ1n) is 10.3. The Morgan fingerprint density at radius 1 is 1.00 bits per heavy atom. The average Bonchev–Trinajstić information content (AvgIpc) is 3.26. The van der Waals surface area contributed by atoms with Crippen molar-refractivity contribution >= 4 is 17.6 Å². The van der Waals surface area contributed by atoms with Gasteiger partial charge in [0.05, 0.1) is 0 Å². The zero-order chi connectivity index (χ0) is 18.8. The molecule has 0 aliphatic carbocycles. The van der Waals surface area contributed by atoms with Gasteiger partial charge in [-0.1, -0.05) is 18.2 Å². The molecule has 0 radical (unpaired) electrons. The van der Waals surface area contributed by atoms with Gasteiger partial charge in [0.1, 0.15) is 6.04 Å². The molecule has 2 atom stereocenters. The molecule has 0 aromatic heterocycles. The van der Waals surface area contributed by atoms with E-state index in [0.29, 0.717) is 12.6 Å². The third-order valence-electron chi connectivity index (χ3n) is 6.24. The Bertz CT molecular complexity index is 658. The Kier molecular flexibility index (Phi) is 5.34. The van der Waals surface area contributed by atoms with Crippen molar-refractivity contribution in [1.82, 2.24) is 14.7 Å². The second-order valence-corrected chi connectivity index (χ2v) is 8.00. The van der Waals surface area contributed by atoms with Crippen LogP contribution in [0.5, 0.6) is 0 Å². The van der Waals surface area contributed by atoms with Crippen molar-refractivity contribution < 1.29 is 9.59 Å².